The van der Waals surface area contributed by atoms with Gasteiger partial charge in [-0.2, -0.15) is 0 Å². The Morgan fingerprint density at radius 2 is 1.81 bits per heavy atom. The van der Waals surface area contributed by atoms with Gasteiger partial charge in [-0.3, -0.25) is 4.79 Å². The number of benzene rings is 2. The first-order valence-electron chi connectivity index (χ1n) is 7.88. The molecule has 0 fully saturated rings. The number of ether oxygens (including phenoxy) is 1. The van der Waals surface area contributed by atoms with Crippen molar-refractivity contribution in [2.75, 3.05) is 20.4 Å². The maximum Gasteiger partial charge on any atom is 0.251 e. The van der Waals surface area contributed by atoms with Gasteiger partial charge in [-0.15, -0.1) is 11.8 Å². The molecule has 0 unspecified atom stereocenters. The van der Waals surface area contributed by atoms with Crippen LogP contribution in [-0.2, 0) is 10.0 Å². The van der Waals surface area contributed by atoms with Gasteiger partial charge in [0.2, 0.25) is 10.0 Å². The zero-order chi connectivity index (χ0) is 19.3. The number of amides is 1. The molecule has 26 heavy (non-hydrogen) atoms. The fraction of sp³-hybridized carbons (Fsp3) is 0.278. The Labute approximate surface area is 158 Å². The van der Waals surface area contributed by atoms with Gasteiger partial charge >= 0.3 is 0 Å². The van der Waals surface area contributed by atoms with Crippen LogP contribution >= 0.6 is 11.8 Å². The standard InChI is InChI=1S/C18H22N2O4S2/c1-12(13-5-8-15(25-4)9-6-13)20-18(21)14-7-10-16(24-3)17(11-14)26(22,23)19-2/h5-12,19H,1-4H3,(H,20,21)/t12-/m0/s1. The highest BCUT2D eigenvalue weighted by molar-refractivity contribution is 7.98. The highest BCUT2D eigenvalue weighted by Crippen LogP contribution is 2.25. The van der Waals surface area contributed by atoms with Gasteiger partial charge in [0.05, 0.1) is 13.2 Å². The van der Waals surface area contributed by atoms with E-state index in [2.05, 4.69) is 10.0 Å². The van der Waals surface area contributed by atoms with Crippen molar-refractivity contribution in [3.05, 3.63) is 53.6 Å². The van der Waals surface area contributed by atoms with Crippen molar-refractivity contribution in [1.29, 1.82) is 0 Å². The van der Waals surface area contributed by atoms with E-state index in [-0.39, 0.29) is 28.2 Å². The number of methoxy groups -OCH3 is 1. The first-order chi connectivity index (χ1) is 12.3. The summed E-state index contributed by atoms with van der Waals surface area (Å²) in [5.74, 6) is -0.182. The fourth-order valence-electron chi connectivity index (χ4n) is 2.39. The summed E-state index contributed by atoms with van der Waals surface area (Å²) in [6.45, 7) is 1.88. The number of thioether (sulfide) groups is 1. The second kappa shape index (κ2) is 8.57. The molecule has 0 bridgehead atoms. The number of carbonyl (C=O) groups is 1. The molecule has 0 aliphatic heterocycles. The summed E-state index contributed by atoms with van der Waals surface area (Å²) in [7, 11) is -1.06. The number of sulfonamides is 1. The van der Waals surface area contributed by atoms with Crippen molar-refractivity contribution in [1.82, 2.24) is 10.0 Å². The predicted molar refractivity (Wildman–Crippen MR) is 103 cm³/mol. The maximum atomic E-state index is 12.5. The van der Waals surface area contributed by atoms with Crippen molar-refractivity contribution < 1.29 is 17.9 Å². The molecule has 2 aromatic rings. The first-order valence-corrected chi connectivity index (χ1v) is 10.6. The van der Waals surface area contributed by atoms with Crippen LogP contribution in [0.25, 0.3) is 0 Å². The molecule has 0 aromatic heterocycles. The van der Waals surface area contributed by atoms with Crippen LogP contribution in [0.4, 0.5) is 0 Å². The summed E-state index contributed by atoms with van der Waals surface area (Å²) < 4.78 is 31.6. The topological polar surface area (TPSA) is 84.5 Å². The van der Waals surface area contributed by atoms with Crippen LogP contribution in [-0.4, -0.2) is 34.7 Å². The molecule has 8 heteroatoms. The fourth-order valence-corrected chi connectivity index (χ4v) is 3.72. The van der Waals surface area contributed by atoms with Crippen LogP contribution in [0.5, 0.6) is 5.75 Å². The van der Waals surface area contributed by atoms with Crippen molar-refractivity contribution in [2.24, 2.45) is 0 Å². The molecular formula is C18H22N2O4S2. The Balaban J connectivity index is 2.24. The average molecular weight is 395 g/mol. The molecule has 140 valence electrons. The highest BCUT2D eigenvalue weighted by atomic mass is 32.2. The van der Waals surface area contributed by atoms with E-state index < -0.39 is 10.0 Å². The smallest absolute Gasteiger partial charge is 0.251 e. The maximum absolute atomic E-state index is 12.5. The monoisotopic (exact) mass is 394 g/mol. The number of hydrogen-bond donors (Lipinski definition) is 2. The summed E-state index contributed by atoms with van der Waals surface area (Å²) in [5.41, 5.74) is 1.21. The van der Waals surface area contributed by atoms with E-state index in [1.165, 1.54) is 32.4 Å². The van der Waals surface area contributed by atoms with Gasteiger partial charge in [0.25, 0.3) is 5.91 Å². The molecule has 0 aliphatic rings. The summed E-state index contributed by atoms with van der Waals surface area (Å²) in [6, 6.07) is 12.0. The molecule has 1 amide bonds. The summed E-state index contributed by atoms with van der Waals surface area (Å²) >= 11 is 1.65. The van der Waals surface area contributed by atoms with Crippen LogP contribution in [0.1, 0.15) is 28.9 Å². The highest BCUT2D eigenvalue weighted by Gasteiger charge is 2.21. The molecular weight excluding hydrogens is 372 g/mol. The number of rotatable bonds is 7. The minimum Gasteiger partial charge on any atom is -0.495 e. The minimum absolute atomic E-state index is 0.0767. The number of hydrogen-bond acceptors (Lipinski definition) is 5. The third-order valence-corrected chi connectivity index (χ3v) is 6.13. The molecule has 6 nitrogen and oxygen atoms in total. The normalized spacial score (nSPS) is 12.5. The lowest BCUT2D eigenvalue weighted by Gasteiger charge is -2.16. The van der Waals surface area contributed by atoms with Gasteiger partial charge in [-0.1, -0.05) is 12.1 Å². The van der Waals surface area contributed by atoms with Crippen molar-refractivity contribution >= 4 is 27.7 Å². The zero-order valence-corrected chi connectivity index (χ0v) is 16.7. The van der Waals surface area contributed by atoms with Crippen molar-refractivity contribution in [2.45, 2.75) is 22.8 Å². The average Bonchev–Trinajstić information content (AvgIpc) is 2.67. The zero-order valence-electron chi connectivity index (χ0n) is 15.1. The van der Waals surface area contributed by atoms with E-state index in [0.29, 0.717) is 0 Å². The van der Waals surface area contributed by atoms with E-state index in [1.54, 1.807) is 11.8 Å². The summed E-state index contributed by atoms with van der Waals surface area (Å²) in [6.07, 6.45) is 2.00. The van der Waals surface area contributed by atoms with Gasteiger partial charge in [-0.05, 0) is 56.1 Å². The van der Waals surface area contributed by atoms with Crippen LogP contribution in [0.3, 0.4) is 0 Å². The number of carbonyl (C=O) groups excluding carboxylic acids is 1. The minimum atomic E-state index is -3.74. The number of nitrogens with one attached hydrogen (secondary N) is 2. The van der Waals surface area contributed by atoms with Crippen LogP contribution in [0.15, 0.2) is 52.3 Å². The molecule has 0 heterocycles. The molecule has 2 rings (SSSR count). The van der Waals surface area contributed by atoms with Gasteiger partial charge in [0, 0.05) is 10.5 Å². The molecule has 2 N–H and O–H groups in total. The van der Waals surface area contributed by atoms with E-state index in [0.717, 1.165) is 10.5 Å². The molecule has 0 spiro atoms. The third-order valence-electron chi connectivity index (χ3n) is 3.95. The van der Waals surface area contributed by atoms with Crippen LogP contribution < -0.4 is 14.8 Å². The van der Waals surface area contributed by atoms with E-state index in [1.807, 2.05) is 37.4 Å². The Morgan fingerprint density at radius 3 is 2.35 bits per heavy atom. The van der Waals surface area contributed by atoms with Gasteiger partial charge < -0.3 is 10.1 Å². The molecule has 2 aromatic carbocycles. The summed E-state index contributed by atoms with van der Waals surface area (Å²) in [4.78, 5) is 13.6. The largest absolute Gasteiger partial charge is 0.495 e. The van der Waals surface area contributed by atoms with Crippen LogP contribution in [0, 0.1) is 0 Å². The molecule has 1 atom stereocenters. The summed E-state index contributed by atoms with van der Waals surface area (Å²) in [5, 5.41) is 2.88. The Bertz CT molecular complexity index is 881. The molecule has 0 saturated heterocycles. The first kappa shape index (κ1) is 20.3. The Hall–Kier alpha value is -2.03. The van der Waals surface area contributed by atoms with Crippen molar-refractivity contribution in [3.63, 3.8) is 0 Å². The third kappa shape index (κ3) is 4.57. The second-order valence-corrected chi connectivity index (χ2v) is 8.28. The molecule has 0 saturated carbocycles. The lowest BCUT2D eigenvalue weighted by Crippen LogP contribution is -2.27. The Morgan fingerprint density at radius 1 is 1.15 bits per heavy atom. The van der Waals surface area contributed by atoms with E-state index >= 15 is 0 Å². The van der Waals surface area contributed by atoms with Gasteiger partial charge in [0.15, 0.2) is 0 Å². The molecule has 0 radical (unpaired) electrons. The lowest BCUT2D eigenvalue weighted by atomic mass is 10.1. The van der Waals surface area contributed by atoms with Crippen LogP contribution in [0.2, 0.25) is 0 Å². The molecule has 0 aliphatic carbocycles. The predicted octanol–water partition coefficient (Wildman–Crippen LogP) is 2.82. The van der Waals surface area contributed by atoms with E-state index in [9.17, 15) is 13.2 Å². The Kier molecular flexibility index (Phi) is 6.69. The SMILES string of the molecule is CNS(=O)(=O)c1cc(C(=O)N[C@@H](C)c2ccc(SC)cc2)ccc1OC. The van der Waals surface area contributed by atoms with Gasteiger partial charge in [0.1, 0.15) is 10.6 Å². The van der Waals surface area contributed by atoms with Gasteiger partial charge in [-0.25, -0.2) is 13.1 Å². The van der Waals surface area contributed by atoms with Crippen molar-refractivity contribution in [3.8, 4) is 5.75 Å². The second-order valence-electron chi connectivity index (χ2n) is 5.54. The van der Waals surface area contributed by atoms with E-state index in [4.69, 9.17) is 4.74 Å². The lowest BCUT2D eigenvalue weighted by molar-refractivity contribution is 0.0939. The quantitative estimate of drug-likeness (QED) is 0.706.